The summed E-state index contributed by atoms with van der Waals surface area (Å²) in [6, 6.07) is 0. The summed E-state index contributed by atoms with van der Waals surface area (Å²) in [7, 11) is -1.00. The summed E-state index contributed by atoms with van der Waals surface area (Å²) in [5, 5.41) is 0. The van der Waals surface area contributed by atoms with Gasteiger partial charge < -0.3 is 19.6 Å². The summed E-state index contributed by atoms with van der Waals surface area (Å²) in [6.45, 7) is 9.40. The fourth-order valence-corrected chi connectivity index (χ4v) is 1.81. The SMILES string of the molecule is CN1CCN(C)CCN(C)CCN(C)CC1.[Co+2].[N]=O.[O-][Cl+3]([O-])([O-])[O-].[O-][Cl+3]([O-])([O-])[O-]. The van der Waals surface area contributed by atoms with E-state index in [0.29, 0.717) is 0 Å². The second-order valence-electron chi connectivity index (χ2n) is 5.97. The molecule has 0 atom stereocenters. The van der Waals surface area contributed by atoms with Crippen molar-refractivity contribution in [2.45, 2.75) is 0 Å². The first-order valence-corrected chi connectivity index (χ1v) is 10.2. The summed E-state index contributed by atoms with van der Waals surface area (Å²) in [4.78, 5) is 17.0. The maximum Gasteiger partial charge on any atom is 2.00 e. The number of nitrogens with zero attached hydrogens (tertiary/aromatic N) is 5. The molecule has 1 fully saturated rings. The Balaban J connectivity index is -0.000000200. The fourth-order valence-electron chi connectivity index (χ4n) is 1.81. The van der Waals surface area contributed by atoms with Crippen LogP contribution in [0.1, 0.15) is 0 Å². The molecule has 0 saturated carbocycles. The van der Waals surface area contributed by atoms with Crippen LogP contribution in [0, 0.1) is 25.4 Å². The Kier molecular flexibility index (Phi) is 25.4. The molecule has 29 heavy (non-hydrogen) atoms. The second kappa shape index (κ2) is 20.1. The zero-order valence-corrected chi connectivity index (χ0v) is 19.2. The van der Waals surface area contributed by atoms with E-state index in [2.05, 4.69) is 47.8 Å². The molecule has 0 aromatic carbocycles. The van der Waals surface area contributed by atoms with Gasteiger partial charge in [0, 0.05) is 52.4 Å². The molecule has 0 aromatic rings. The number of nitroso groups, excluding NO2 is 1. The molecule has 17 heteroatoms. The molecule has 1 aliphatic rings. The van der Waals surface area contributed by atoms with Crippen LogP contribution in [0.2, 0.25) is 0 Å². The first-order valence-electron chi connectivity index (χ1n) is 7.74. The van der Waals surface area contributed by atoms with Gasteiger partial charge in [0.1, 0.15) is 5.59 Å². The molecule has 14 nitrogen and oxygen atoms in total. The van der Waals surface area contributed by atoms with Crippen molar-refractivity contribution >= 4 is 0 Å². The number of rotatable bonds is 0. The summed E-state index contributed by atoms with van der Waals surface area (Å²) in [5.41, 5.74) is 5.75. The van der Waals surface area contributed by atoms with Crippen LogP contribution in [0.3, 0.4) is 0 Å². The maximum atomic E-state index is 8.49. The molecule has 0 spiro atoms. The Morgan fingerprint density at radius 1 is 0.483 bits per heavy atom. The Bertz CT molecular complexity index is 290. The molecule has 1 heterocycles. The molecular formula is C12H28Cl2CoN5O9. The molecule has 0 N–H and O–H groups in total. The zero-order valence-electron chi connectivity index (χ0n) is 16.7. The van der Waals surface area contributed by atoms with E-state index in [9.17, 15) is 0 Å². The molecule has 0 aromatic heterocycles. The number of hydrogen-bond donors (Lipinski definition) is 0. The van der Waals surface area contributed by atoms with Crippen LogP contribution in [-0.4, -0.2) is 100 Å². The Morgan fingerprint density at radius 3 is 0.621 bits per heavy atom. The first kappa shape index (κ1) is 36.6. The van der Waals surface area contributed by atoms with E-state index < -0.39 is 20.5 Å². The van der Waals surface area contributed by atoms with Gasteiger partial charge >= 0.3 is 16.8 Å². The van der Waals surface area contributed by atoms with Gasteiger partial charge in [0.2, 0.25) is 0 Å². The van der Waals surface area contributed by atoms with Gasteiger partial charge in [-0.05, 0) is 28.2 Å². The van der Waals surface area contributed by atoms with Gasteiger partial charge in [-0.25, -0.2) is 37.3 Å². The largest absolute Gasteiger partial charge is 2.00 e. The van der Waals surface area contributed by atoms with Gasteiger partial charge in [-0.1, -0.05) is 0 Å². The summed E-state index contributed by atoms with van der Waals surface area (Å²) >= 11 is 0. The Labute approximate surface area is 185 Å². The third-order valence-corrected chi connectivity index (χ3v) is 3.45. The van der Waals surface area contributed by atoms with Crippen molar-refractivity contribution in [2.24, 2.45) is 0 Å². The van der Waals surface area contributed by atoms with E-state index >= 15 is 0 Å². The van der Waals surface area contributed by atoms with Crippen LogP contribution in [0.4, 0.5) is 0 Å². The summed E-state index contributed by atoms with van der Waals surface area (Å²) in [5.74, 6) is 0. The molecule has 1 rings (SSSR count). The van der Waals surface area contributed by atoms with E-state index in [-0.39, 0.29) is 16.8 Å². The van der Waals surface area contributed by atoms with Crippen LogP contribution in [0.25, 0.3) is 0 Å². The van der Waals surface area contributed by atoms with Crippen molar-refractivity contribution in [2.75, 3.05) is 80.5 Å². The van der Waals surface area contributed by atoms with E-state index in [0.717, 1.165) is 0 Å². The summed E-state index contributed by atoms with van der Waals surface area (Å²) < 4.78 is 67.9. The molecule has 0 aliphatic carbocycles. The third-order valence-electron chi connectivity index (χ3n) is 3.45. The molecule has 0 unspecified atom stereocenters. The van der Waals surface area contributed by atoms with E-state index in [1.54, 1.807) is 0 Å². The molecule has 178 valence electrons. The number of likely N-dealkylation sites (N-methyl/N-ethyl adjacent to an activating group) is 4. The van der Waals surface area contributed by atoms with Gasteiger partial charge in [0.15, 0.2) is 0 Å². The zero-order chi connectivity index (χ0) is 23.0. The van der Waals surface area contributed by atoms with Gasteiger partial charge in [-0.2, -0.15) is 0 Å². The Hall–Kier alpha value is 0.206. The van der Waals surface area contributed by atoms with Crippen LogP contribution < -0.4 is 42.9 Å². The van der Waals surface area contributed by atoms with Crippen molar-refractivity contribution in [3.8, 4) is 0 Å². The minimum atomic E-state index is -4.94. The standard InChI is InChI=1S/C12H28N4.2ClHO4.Co.NO/c1-13-5-7-14(2)9-11-16(4)12-10-15(3)8-6-13;2*2-1(3,4)5;;1-2/h5-12H2,1-4H3;2*(H,2,3,4,5);;/q;;;+2;/p-2. The van der Waals surface area contributed by atoms with Crippen LogP contribution in [0.15, 0.2) is 0 Å². The average Bonchev–Trinajstić information content (AvgIpc) is 2.52. The maximum absolute atomic E-state index is 8.49. The van der Waals surface area contributed by atoms with Crippen LogP contribution in [0.5, 0.6) is 0 Å². The van der Waals surface area contributed by atoms with E-state index in [4.69, 9.17) is 47.8 Å². The molecular weight excluding hydrogens is 488 g/mol. The van der Waals surface area contributed by atoms with E-state index in [1.165, 1.54) is 52.4 Å². The van der Waals surface area contributed by atoms with Crippen molar-refractivity contribution < 1.29 is 74.5 Å². The van der Waals surface area contributed by atoms with Gasteiger partial charge in [0.25, 0.3) is 0 Å². The minimum Gasteiger partial charge on any atom is -0.304 e. The normalized spacial score (nSPS) is 18.8. The second-order valence-corrected chi connectivity index (χ2v) is 7.48. The molecule has 2 radical (unpaired) electrons. The van der Waals surface area contributed by atoms with Gasteiger partial charge in [-0.3, -0.25) is 0 Å². The van der Waals surface area contributed by atoms with Crippen molar-refractivity contribution in [3.05, 3.63) is 4.91 Å². The predicted octanol–water partition coefficient (Wildman–Crippen LogP) is -10.2. The van der Waals surface area contributed by atoms with Crippen molar-refractivity contribution in [1.82, 2.24) is 25.2 Å². The minimum absolute atomic E-state index is 0. The summed E-state index contributed by atoms with van der Waals surface area (Å²) in [6.07, 6.45) is 0. The molecule has 1 aliphatic heterocycles. The monoisotopic (exact) mass is 515 g/mol. The molecule has 1 saturated heterocycles. The van der Waals surface area contributed by atoms with Crippen LogP contribution in [-0.2, 0) is 16.8 Å². The molecule has 0 bridgehead atoms. The molecule has 0 amide bonds. The number of hydrogen-bond acceptors (Lipinski definition) is 13. The number of halogens is 2. The van der Waals surface area contributed by atoms with E-state index in [1.807, 2.05) is 0 Å². The smallest absolute Gasteiger partial charge is 0.304 e. The van der Waals surface area contributed by atoms with Gasteiger partial charge in [-0.15, -0.1) is 25.4 Å². The average molecular weight is 516 g/mol. The van der Waals surface area contributed by atoms with Crippen molar-refractivity contribution in [3.63, 3.8) is 0 Å². The fraction of sp³-hybridized carbons (Fsp3) is 1.00. The topological polar surface area (TPSA) is 237 Å². The van der Waals surface area contributed by atoms with Gasteiger partial charge in [0.05, 0.1) is 0 Å². The predicted molar refractivity (Wildman–Crippen MR) is 75.5 cm³/mol. The first-order chi connectivity index (χ1) is 12.6. The van der Waals surface area contributed by atoms with Crippen LogP contribution >= 0.6 is 0 Å². The quantitative estimate of drug-likeness (QED) is 0.291. The van der Waals surface area contributed by atoms with Crippen molar-refractivity contribution in [1.29, 1.82) is 0 Å². The Morgan fingerprint density at radius 2 is 0.552 bits per heavy atom. The third kappa shape index (κ3) is 47.4.